The number of unbranched alkanes of at least 4 members (excludes halogenated alkanes) is 4. The van der Waals surface area contributed by atoms with Crippen LogP contribution in [0.5, 0.6) is 5.75 Å². The van der Waals surface area contributed by atoms with Crippen LogP contribution in [-0.2, 0) is 31.6 Å². The number of carboxylic acids is 1. The average molecular weight is 528 g/mol. The minimum absolute atomic E-state index is 0.0156. The van der Waals surface area contributed by atoms with Crippen LogP contribution in [0.2, 0.25) is 0 Å². The molecule has 0 aliphatic heterocycles. The molecule has 0 aliphatic carbocycles. The number of nitrogens with one attached hydrogen (secondary N) is 1. The van der Waals surface area contributed by atoms with Gasteiger partial charge in [0.25, 0.3) is 5.91 Å². The van der Waals surface area contributed by atoms with Crippen LogP contribution in [0.3, 0.4) is 0 Å². The van der Waals surface area contributed by atoms with Crippen LogP contribution in [0.1, 0.15) is 57.4 Å². The van der Waals surface area contributed by atoms with Crippen molar-refractivity contribution in [3.05, 3.63) is 29.8 Å². The smallest absolute Gasteiger partial charge is 0.326 e. The normalized spacial score (nSPS) is 15.4. The summed E-state index contributed by atoms with van der Waals surface area (Å²) < 4.78 is 11.7. The number of carbonyl (C=O) groups excluding carboxylic acids is 2. The Labute approximate surface area is 215 Å². The van der Waals surface area contributed by atoms with Crippen molar-refractivity contribution in [1.82, 2.24) is 10.2 Å². The molecule has 0 aromatic heterocycles. The van der Waals surface area contributed by atoms with E-state index in [4.69, 9.17) is 5.73 Å². The fourth-order valence-electron chi connectivity index (χ4n) is 3.80. The van der Waals surface area contributed by atoms with Gasteiger partial charge in [-0.15, -0.1) is 0 Å². The number of aliphatic hydroxyl groups excluding tert-OH is 1. The summed E-state index contributed by atoms with van der Waals surface area (Å²) in [5, 5.41) is 32.0. The molecule has 0 aliphatic rings. The lowest BCUT2D eigenvalue weighted by Gasteiger charge is -2.31. The Balaban J connectivity index is 2.91. The van der Waals surface area contributed by atoms with Gasteiger partial charge in [0, 0.05) is 42.3 Å². The number of aliphatic hydroxyl groups is 1. The number of benzene rings is 1. The zero-order valence-corrected chi connectivity index (χ0v) is 22.2. The SMILES string of the molecule is CCCCCCC[C@H](N)[C@H](O)C(=O)N(C)[C@@H](CCS(C)=O)C(=O)N[C@@H](Cc1ccc(O)cc1)C(=O)O. The molecule has 0 bridgehead atoms. The Bertz CT molecular complexity index is 866. The average Bonchev–Trinajstić information content (AvgIpc) is 2.83. The van der Waals surface area contributed by atoms with Gasteiger partial charge in [-0.3, -0.25) is 13.8 Å². The van der Waals surface area contributed by atoms with Gasteiger partial charge in [0.05, 0.1) is 0 Å². The Kier molecular flexibility index (Phi) is 14.3. The van der Waals surface area contributed by atoms with Crippen LogP contribution in [0, 0.1) is 0 Å². The molecule has 0 spiro atoms. The number of carboxylic acid groups (broad SMARTS) is 1. The lowest BCUT2D eigenvalue weighted by Crippen LogP contribution is -2.56. The molecule has 0 radical (unpaired) electrons. The summed E-state index contributed by atoms with van der Waals surface area (Å²) in [5.41, 5.74) is 6.62. The van der Waals surface area contributed by atoms with Crippen molar-refractivity contribution in [2.24, 2.45) is 5.73 Å². The first-order valence-corrected chi connectivity index (χ1v) is 14.0. The summed E-state index contributed by atoms with van der Waals surface area (Å²) in [6, 6.07) is 2.68. The molecule has 0 fully saturated rings. The van der Waals surface area contributed by atoms with E-state index in [1.54, 1.807) is 12.1 Å². The molecule has 1 unspecified atom stereocenters. The van der Waals surface area contributed by atoms with Crippen LogP contribution in [0.25, 0.3) is 0 Å². The number of nitrogens with two attached hydrogens (primary N) is 1. The molecule has 1 rings (SSSR count). The number of aliphatic carboxylic acids is 1. The van der Waals surface area contributed by atoms with E-state index >= 15 is 0 Å². The first kappa shape index (κ1) is 31.5. The number of carbonyl (C=O) groups is 3. The minimum Gasteiger partial charge on any atom is -0.508 e. The molecule has 36 heavy (non-hydrogen) atoms. The quantitative estimate of drug-likeness (QED) is 0.188. The number of phenolic OH excluding ortho intramolecular Hbond substituents is 1. The van der Waals surface area contributed by atoms with E-state index in [2.05, 4.69) is 12.2 Å². The largest absolute Gasteiger partial charge is 0.508 e. The number of rotatable bonds is 17. The highest BCUT2D eigenvalue weighted by molar-refractivity contribution is 7.84. The Hall–Kier alpha value is -2.50. The zero-order valence-electron chi connectivity index (χ0n) is 21.4. The van der Waals surface area contributed by atoms with Gasteiger partial charge in [-0.2, -0.15) is 0 Å². The first-order chi connectivity index (χ1) is 17.0. The van der Waals surface area contributed by atoms with Crippen molar-refractivity contribution in [1.29, 1.82) is 0 Å². The fraction of sp³-hybridized carbons (Fsp3) is 0.640. The van der Waals surface area contributed by atoms with Crippen molar-refractivity contribution in [2.45, 2.75) is 82.5 Å². The third kappa shape index (κ3) is 11.0. The van der Waals surface area contributed by atoms with Crippen LogP contribution in [0.15, 0.2) is 24.3 Å². The minimum atomic E-state index is -1.52. The molecule has 204 valence electrons. The molecule has 0 saturated carbocycles. The maximum atomic E-state index is 13.1. The number of amides is 2. The van der Waals surface area contributed by atoms with E-state index in [0.29, 0.717) is 12.0 Å². The van der Waals surface area contributed by atoms with Gasteiger partial charge in [-0.25, -0.2) is 4.79 Å². The van der Waals surface area contributed by atoms with Gasteiger partial charge < -0.3 is 31.3 Å². The lowest BCUT2D eigenvalue weighted by molar-refractivity contribution is -0.148. The number of nitrogens with zero attached hydrogens (tertiary/aromatic N) is 1. The second-order valence-electron chi connectivity index (χ2n) is 9.11. The van der Waals surface area contributed by atoms with E-state index in [-0.39, 0.29) is 24.3 Å². The van der Waals surface area contributed by atoms with Gasteiger partial charge in [0.1, 0.15) is 23.9 Å². The number of aromatic hydroxyl groups is 1. The Morgan fingerprint density at radius 2 is 1.69 bits per heavy atom. The summed E-state index contributed by atoms with van der Waals surface area (Å²) >= 11 is 0. The Morgan fingerprint density at radius 3 is 2.25 bits per heavy atom. The molecular weight excluding hydrogens is 486 g/mol. The van der Waals surface area contributed by atoms with Gasteiger partial charge in [-0.05, 0) is 30.5 Å². The summed E-state index contributed by atoms with van der Waals surface area (Å²) in [6.45, 7) is 2.11. The molecule has 1 aromatic rings. The van der Waals surface area contributed by atoms with Gasteiger partial charge in [0.2, 0.25) is 5.91 Å². The highest BCUT2D eigenvalue weighted by atomic mass is 32.2. The third-order valence-corrected chi connectivity index (χ3v) is 6.90. The maximum absolute atomic E-state index is 13.1. The van der Waals surface area contributed by atoms with Gasteiger partial charge in [-0.1, -0.05) is 51.2 Å². The topological polar surface area (TPSA) is 170 Å². The predicted octanol–water partition coefficient (Wildman–Crippen LogP) is 1.15. The fourth-order valence-corrected chi connectivity index (χ4v) is 4.36. The maximum Gasteiger partial charge on any atom is 0.326 e. The van der Waals surface area contributed by atoms with Crippen LogP contribution >= 0.6 is 0 Å². The molecule has 1 aromatic carbocycles. The molecule has 10 nitrogen and oxygen atoms in total. The summed E-state index contributed by atoms with van der Waals surface area (Å²) in [6.07, 6.45) is 5.35. The Morgan fingerprint density at radius 1 is 1.08 bits per heavy atom. The van der Waals surface area contributed by atoms with Crippen molar-refractivity contribution in [2.75, 3.05) is 19.1 Å². The van der Waals surface area contributed by atoms with Crippen molar-refractivity contribution in [3.63, 3.8) is 0 Å². The second kappa shape index (κ2) is 16.3. The molecule has 6 N–H and O–H groups in total. The standard InChI is InChI=1S/C25H41N3O7S/c1-4-5-6-7-8-9-19(26)22(30)24(32)28(2)21(14-15-36(3)35)23(31)27-20(25(33)34)16-17-10-12-18(29)13-11-17/h10-13,19-22,29-30H,4-9,14-16,26H2,1-3H3,(H,27,31)(H,33,34)/t19-,20-,21-,22-,36?/m0/s1. The molecule has 11 heteroatoms. The number of phenols is 1. The molecule has 5 atom stereocenters. The highest BCUT2D eigenvalue weighted by Gasteiger charge is 2.34. The van der Waals surface area contributed by atoms with Gasteiger partial charge >= 0.3 is 5.97 Å². The summed E-state index contributed by atoms with van der Waals surface area (Å²) in [5.74, 6) is -2.62. The van der Waals surface area contributed by atoms with Crippen molar-refractivity contribution < 1.29 is 33.9 Å². The monoisotopic (exact) mass is 527 g/mol. The molecule has 0 saturated heterocycles. The summed E-state index contributed by atoms with van der Waals surface area (Å²) in [4.78, 5) is 38.9. The third-order valence-electron chi connectivity index (χ3n) is 6.09. The van der Waals surface area contributed by atoms with Crippen LogP contribution in [-0.4, -0.2) is 85.5 Å². The molecular formula is C25H41N3O7S. The number of likely N-dealkylation sites (N-methyl/N-ethyl adjacent to an activating group) is 1. The zero-order chi connectivity index (χ0) is 27.3. The van der Waals surface area contributed by atoms with Crippen LogP contribution in [0.4, 0.5) is 0 Å². The predicted molar refractivity (Wildman–Crippen MR) is 139 cm³/mol. The van der Waals surface area contributed by atoms with Crippen molar-refractivity contribution in [3.8, 4) is 5.75 Å². The van der Waals surface area contributed by atoms with E-state index in [1.807, 2.05) is 0 Å². The van der Waals surface area contributed by atoms with E-state index in [0.717, 1.165) is 37.0 Å². The van der Waals surface area contributed by atoms with E-state index in [9.17, 15) is 33.9 Å². The highest BCUT2D eigenvalue weighted by Crippen LogP contribution is 2.14. The van der Waals surface area contributed by atoms with Crippen molar-refractivity contribution >= 4 is 28.6 Å². The van der Waals surface area contributed by atoms with Gasteiger partial charge in [0.15, 0.2) is 0 Å². The summed E-state index contributed by atoms with van der Waals surface area (Å²) in [7, 11) is 0.0856. The molecule has 2 amide bonds. The van der Waals surface area contributed by atoms with Crippen LogP contribution < -0.4 is 11.1 Å². The number of hydrogen-bond acceptors (Lipinski definition) is 7. The van der Waals surface area contributed by atoms with E-state index in [1.165, 1.54) is 25.4 Å². The molecule has 0 heterocycles. The first-order valence-electron chi connectivity index (χ1n) is 12.3. The second-order valence-corrected chi connectivity index (χ2v) is 10.7. The lowest BCUT2D eigenvalue weighted by atomic mass is 10.0. The number of hydrogen-bond donors (Lipinski definition) is 5. The van der Waals surface area contributed by atoms with E-state index < -0.39 is 52.8 Å².